The molecule has 1 aromatic carbocycles. The molecule has 3 rings (SSSR count). The van der Waals surface area contributed by atoms with E-state index in [0.29, 0.717) is 6.54 Å². The van der Waals surface area contributed by atoms with Crippen LogP contribution >= 0.6 is 11.3 Å². The van der Waals surface area contributed by atoms with Crippen LogP contribution in [-0.4, -0.2) is 24.6 Å². The maximum Gasteiger partial charge on any atom is 0.318 e. The Morgan fingerprint density at radius 3 is 3.09 bits per heavy atom. The predicted octanol–water partition coefficient (Wildman–Crippen LogP) is 3.80. The fourth-order valence-electron chi connectivity index (χ4n) is 2.85. The molecule has 1 aromatic heterocycles. The lowest BCUT2D eigenvalue weighted by atomic mass is 10.2. The van der Waals surface area contributed by atoms with Crippen molar-refractivity contribution >= 4 is 17.4 Å². The molecule has 0 radical (unpaired) electrons. The summed E-state index contributed by atoms with van der Waals surface area (Å²) in [7, 11) is 1.65. The summed E-state index contributed by atoms with van der Waals surface area (Å²) in [5, 5.41) is 5.09. The van der Waals surface area contributed by atoms with Crippen LogP contribution < -0.4 is 10.1 Å². The minimum atomic E-state index is 0.0127. The van der Waals surface area contributed by atoms with E-state index in [4.69, 9.17) is 4.74 Å². The van der Waals surface area contributed by atoms with Gasteiger partial charge < -0.3 is 15.0 Å². The number of ether oxygens (including phenoxy) is 1. The standard InChI is InChI=1S/C17H20N2O2S/c1-21-14-6-2-5-13(11-14)12-18-17(20)19-9-3-7-15(19)16-8-4-10-22-16/h2,4-6,8,10-11,15H,3,7,9,12H2,1H3,(H,18,20)/t15-/m0/s1. The van der Waals surface area contributed by atoms with Crippen LogP contribution in [0.2, 0.25) is 0 Å². The molecule has 2 amide bonds. The van der Waals surface area contributed by atoms with Crippen molar-refractivity contribution in [2.24, 2.45) is 0 Å². The highest BCUT2D eigenvalue weighted by molar-refractivity contribution is 7.10. The van der Waals surface area contributed by atoms with Gasteiger partial charge in [-0.1, -0.05) is 18.2 Å². The highest BCUT2D eigenvalue weighted by Crippen LogP contribution is 2.34. The molecule has 1 fully saturated rings. The number of likely N-dealkylation sites (tertiary alicyclic amines) is 1. The number of carbonyl (C=O) groups is 1. The van der Waals surface area contributed by atoms with Crippen LogP contribution in [0.25, 0.3) is 0 Å². The molecule has 5 heteroatoms. The van der Waals surface area contributed by atoms with Gasteiger partial charge in [-0.05, 0) is 42.0 Å². The lowest BCUT2D eigenvalue weighted by Crippen LogP contribution is -2.38. The number of nitrogens with one attached hydrogen (secondary N) is 1. The quantitative estimate of drug-likeness (QED) is 0.932. The third-order valence-corrected chi connectivity index (χ3v) is 4.94. The molecule has 0 unspecified atom stereocenters. The first-order valence-corrected chi connectivity index (χ1v) is 8.36. The summed E-state index contributed by atoms with van der Waals surface area (Å²) in [5.74, 6) is 0.810. The van der Waals surface area contributed by atoms with Crippen LogP contribution in [0.15, 0.2) is 41.8 Å². The van der Waals surface area contributed by atoms with Gasteiger partial charge in [-0.25, -0.2) is 4.79 Å². The minimum absolute atomic E-state index is 0.0127. The van der Waals surface area contributed by atoms with Gasteiger partial charge in [0.2, 0.25) is 0 Å². The molecule has 1 aliphatic heterocycles. The molecule has 1 aliphatic rings. The monoisotopic (exact) mass is 316 g/mol. The van der Waals surface area contributed by atoms with E-state index in [2.05, 4.69) is 16.8 Å². The Morgan fingerprint density at radius 1 is 1.41 bits per heavy atom. The van der Waals surface area contributed by atoms with E-state index in [1.54, 1.807) is 18.4 Å². The average Bonchev–Trinajstić information content (AvgIpc) is 3.23. The molecule has 22 heavy (non-hydrogen) atoms. The van der Waals surface area contributed by atoms with Crippen molar-refractivity contribution in [3.63, 3.8) is 0 Å². The third kappa shape index (κ3) is 3.25. The van der Waals surface area contributed by atoms with Gasteiger partial charge in [0.25, 0.3) is 0 Å². The third-order valence-electron chi connectivity index (χ3n) is 3.96. The van der Waals surface area contributed by atoms with Crippen molar-refractivity contribution in [3.8, 4) is 5.75 Å². The predicted molar refractivity (Wildman–Crippen MR) is 88.2 cm³/mol. The van der Waals surface area contributed by atoms with E-state index in [-0.39, 0.29) is 12.1 Å². The van der Waals surface area contributed by atoms with Crippen molar-refractivity contribution in [1.29, 1.82) is 0 Å². The highest BCUT2D eigenvalue weighted by Gasteiger charge is 2.30. The number of hydrogen-bond donors (Lipinski definition) is 1. The van der Waals surface area contributed by atoms with Crippen molar-refractivity contribution in [2.45, 2.75) is 25.4 Å². The summed E-state index contributed by atoms with van der Waals surface area (Å²) >= 11 is 1.72. The van der Waals surface area contributed by atoms with Crippen molar-refractivity contribution in [2.75, 3.05) is 13.7 Å². The summed E-state index contributed by atoms with van der Waals surface area (Å²) in [6, 6.07) is 12.2. The summed E-state index contributed by atoms with van der Waals surface area (Å²) in [6.45, 7) is 1.34. The number of benzene rings is 1. The number of hydrogen-bond acceptors (Lipinski definition) is 3. The van der Waals surface area contributed by atoms with Crippen molar-refractivity contribution in [3.05, 3.63) is 52.2 Å². The van der Waals surface area contributed by atoms with E-state index in [1.165, 1.54) is 4.88 Å². The molecular formula is C17H20N2O2S. The Labute approximate surface area is 134 Å². The van der Waals surface area contributed by atoms with Gasteiger partial charge in [0.05, 0.1) is 13.2 Å². The molecule has 4 nitrogen and oxygen atoms in total. The Kier molecular flexibility index (Phi) is 4.63. The highest BCUT2D eigenvalue weighted by atomic mass is 32.1. The molecule has 116 valence electrons. The molecule has 0 spiro atoms. The number of urea groups is 1. The second-order valence-electron chi connectivity index (χ2n) is 5.38. The van der Waals surface area contributed by atoms with Gasteiger partial charge in [-0.15, -0.1) is 11.3 Å². The minimum Gasteiger partial charge on any atom is -0.497 e. The molecule has 0 saturated carbocycles. The second kappa shape index (κ2) is 6.83. The lowest BCUT2D eigenvalue weighted by Gasteiger charge is -2.24. The van der Waals surface area contributed by atoms with Gasteiger partial charge in [-0.2, -0.15) is 0 Å². The number of nitrogens with zero attached hydrogens (tertiary/aromatic N) is 1. The molecule has 0 aliphatic carbocycles. The number of methoxy groups -OCH3 is 1. The Bertz CT molecular complexity index is 627. The van der Waals surface area contributed by atoms with Crippen LogP contribution in [0.1, 0.15) is 29.3 Å². The fraction of sp³-hybridized carbons (Fsp3) is 0.353. The number of thiophene rings is 1. The first-order valence-electron chi connectivity index (χ1n) is 7.49. The molecule has 1 atom stereocenters. The zero-order chi connectivity index (χ0) is 15.4. The van der Waals surface area contributed by atoms with E-state index in [9.17, 15) is 4.79 Å². The van der Waals surface area contributed by atoms with Crippen LogP contribution in [0.3, 0.4) is 0 Å². The molecular weight excluding hydrogens is 296 g/mol. The summed E-state index contributed by atoms with van der Waals surface area (Å²) in [6.07, 6.45) is 2.11. The van der Waals surface area contributed by atoms with Gasteiger partial charge >= 0.3 is 6.03 Å². The van der Waals surface area contributed by atoms with E-state index in [0.717, 1.165) is 30.7 Å². The molecule has 2 aromatic rings. The topological polar surface area (TPSA) is 41.6 Å². The SMILES string of the molecule is COc1cccc(CNC(=O)N2CCC[C@H]2c2cccs2)c1. The van der Waals surface area contributed by atoms with Crippen LogP contribution in [-0.2, 0) is 6.54 Å². The average molecular weight is 316 g/mol. The largest absolute Gasteiger partial charge is 0.497 e. The van der Waals surface area contributed by atoms with Gasteiger partial charge in [0.1, 0.15) is 5.75 Å². The summed E-state index contributed by atoms with van der Waals surface area (Å²) in [5.41, 5.74) is 1.04. The Morgan fingerprint density at radius 2 is 2.32 bits per heavy atom. The first kappa shape index (κ1) is 14.9. The van der Waals surface area contributed by atoms with Crippen LogP contribution in [0, 0.1) is 0 Å². The Hall–Kier alpha value is -2.01. The summed E-state index contributed by atoms with van der Waals surface area (Å²) in [4.78, 5) is 15.7. The zero-order valence-corrected chi connectivity index (χ0v) is 13.4. The van der Waals surface area contributed by atoms with Gasteiger partial charge in [0.15, 0.2) is 0 Å². The molecule has 0 bridgehead atoms. The second-order valence-corrected chi connectivity index (χ2v) is 6.36. The van der Waals surface area contributed by atoms with Crippen LogP contribution in [0.4, 0.5) is 4.79 Å². The maximum atomic E-state index is 12.5. The molecule has 1 saturated heterocycles. The normalized spacial score (nSPS) is 17.5. The van der Waals surface area contributed by atoms with Crippen LogP contribution in [0.5, 0.6) is 5.75 Å². The number of amides is 2. The molecule has 2 heterocycles. The summed E-state index contributed by atoms with van der Waals surface area (Å²) < 4.78 is 5.21. The number of rotatable bonds is 4. The number of carbonyl (C=O) groups excluding carboxylic acids is 1. The maximum absolute atomic E-state index is 12.5. The van der Waals surface area contributed by atoms with E-state index in [1.807, 2.05) is 35.2 Å². The van der Waals surface area contributed by atoms with Gasteiger partial charge in [0, 0.05) is 18.0 Å². The van der Waals surface area contributed by atoms with E-state index >= 15 is 0 Å². The van der Waals surface area contributed by atoms with E-state index < -0.39 is 0 Å². The lowest BCUT2D eigenvalue weighted by molar-refractivity contribution is 0.193. The van der Waals surface area contributed by atoms with Gasteiger partial charge in [-0.3, -0.25) is 0 Å². The van der Waals surface area contributed by atoms with Crippen molar-refractivity contribution in [1.82, 2.24) is 10.2 Å². The fourth-order valence-corrected chi connectivity index (χ4v) is 3.72. The first-order chi connectivity index (χ1) is 10.8. The van der Waals surface area contributed by atoms with Crippen molar-refractivity contribution < 1.29 is 9.53 Å². The smallest absolute Gasteiger partial charge is 0.318 e. The molecule has 1 N–H and O–H groups in total. The zero-order valence-electron chi connectivity index (χ0n) is 12.6. The Balaban J connectivity index is 1.61.